The van der Waals surface area contributed by atoms with Crippen LogP contribution in [0.25, 0.3) is 0 Å². The number of aliphatic imine (C=N–C) groups is 1. The van der Waals surface area contributed by atoms with E-state index in [1.165, 1.54) is 24.5 Å². The number of nitrogens with zero attached hydrogens (tertiary/aromatic N) is 1. The molecule has 0 radical (unpaired) electrons. The van der Waals surface area contributed by atoms with Crippen LogP contribution in [0.15, 0.2) is 40.4 Å². The molecule has 8 nitrogen and oxygen atoms in total. The summed E-state index contributed by atoms with van der Waals surface area (Å²) in [7, 11) is 1.64. The van der Waals surface area contributed by atoms with Gasteiger partial charge in [0, 0.05) is 51.6 Å². The van der Waals surface area contributed by atoms with Crippen LogP contribution < -0.4 is 11.1 Å². The molecule has 43 heavy (non-hydrogen) atoms. The molecule has 0 aromatic rings. The maximum atomic E-state index is 13.1. The third-order valence-corrected chi connectivity index (χ3v) is 10.4. The van der Waals surface area contributed by atoms with Crippen LogP contribution in [0, 0.1) is 29.7 Å². The summed E-state index contributed by atoms with van der Waals surface area (Å²) < 4.78 is 11.2. The Balaban J connectivity index is 1.36. The Labute approximate surface area is 258 Å². The quantitative estimate of drug-likeness (QED) is 0.190. The van der Waals surface area contributed by atoms with Crippen molar-refractivity contribution in [3.8, 4) is 0 Å². The molecule has 2 aliphatic carbocycles. The van der Waals surface area contributed by atoms with Crippen LogP contribution in [0.2, 0.25) is 0 Å². The number of Topliss-reactive ketones (excluding diaryl/α,β-unsaturated/α-hetero) is 1. The van der Waals surface area contributed by atoms with E-state index in [0.717, 1.165) is 57.9 Å². The summed E-state index contributed by atoms with van der Waals surface area (Å²) in [6, 6.07) is 0. The summed E-state index contributed by atoms with van der Waals surface area (Å²) >= 11 is 0. The van der Waals surface area contributed by atoms with Crippen LogP contribution in [0.5, 0.6) is 0 Å². The predicted octanol–water partition coefficient (Wildman–Crippen LogP) is 4.33. The maximum Gasteiger partial charge on any atom is 0.302 e. The molecule has 1 saturated carbocycles. The summed E-state index contributed by atoms with van der Waals surface area (Å²) in [5.41, 5.74) is 8.68. The van der Waals surface area contributed by atoms with Gasteiger partial charge < -0.3 is 19.9 Å². The lowest BCUT2D eigenvalue weighted by atomic mass is 9.66. The number of allylic oxidation sites excluding steroid dienone is 5. The van der Waals surface area contributed by atoms with Crippen molar-refractivity contribution in [1.29, 1.82) is 0 Å². The molecule has 0 spiro atoms. The molecule has 2 heterocycles. The highest BCUT2D eigenvalue weighted by Gasteiger charge is 2.39. The predicted molar refractivity (Wildman–Crippen MR) is 169 cm³/mol. The number of quaternary nitrogens is 1. The molecule has 2 aliphatic heterocycles. The van der Waals surface area contributed by atoms with Crippen LogP contribution in [-0.2, 0) is 19.1 Å². The van der Waals surface area contributed by atoms with Crippen LogP contribution in [-0.4, -0.2) is 61.2 Å². The lowest BCUT2D eigenvalue weighted by Crippen LogP contribution is -2.94. The fourth-order valence-corrected chi connectivity index (χ4v) is 7.63. The third-order valence-electron chi connectivity index (χ3n) is 10.4. The van der Waals surface area contributed by atoms with E-state index in [4.69, 9.17) is 15.2 Å². The van der Waals surface area contributed by atoms with Gasteiger partial charge in [-0.25, -0.2) is 0 Å². The molecule has 8 heteroatoms. The van der Waals surface area contributed by atoms with Gasteiger partial charge in [-0.2, -0.15) is 0 Å². The number of esters is 1. The molecule has 1 saturated heterocycles. The summed E-state index contributed by atoms with van der Waals surface area (Å²) in [5, 5.41) is 12.3. The molecule has 238 valence electrons. The normalized spacial score (nSPS) is 33.0. The van der Waals surface area contributed by atoms with E-state index in [-0.39, 0.29) is 35.9 Å². The zero-order chi connectivity index (χ0) is 30.8. The topological polar surface area (TPSA) is 128 Å². The Bertz CT molecular complexity index is 1070. The number of hydrogen-bond acceptors (Lipinski definition) is 7. The maximum absolute atomic E-state index is 13.1. The van der Waals surface area contributed by atoms with Gasteiger partial charge in [0.25, 0.3) is 0 Å². The fourth-order valence-electron chi connectivity index (χ4n) is 7.63. The molecule has 0 aromatic carbocycles. The Morgan fingerprint density at radius 1 is 1.21 bits per heavy atom. The number of piperidine rings is 1. The van der Waals surface area contributed by atoms with Crippen molar-refractivity contribution in [2.24, 2.45) is 33.9 Å². The van der Waals surface area contributed by atoms with Gasteiger partial charge in [0.05, 0.1) is 24.3 Å². The van der Waals surface area contributed by atoms with Crippen molar-refractivity contribution in [3.05, 3.63) is 42.0 Å². The van der Waals surface area contributed by atoms with Gasteiger partial charge in [0.15, 0.2) is 6.21 Å². The van der Waals surface area contributed by atoms with E-state index in [2.05, 4.69) is 41.5 Å². The molecule has 0 aromatic heterocycles. The summed E-state index contributed by atoms with van der Waals surface area (Å²) in [4.78, 5) is 29.7. The number of ether oxygens (including phenoxy) is 2. The minimum atomic E-state index is -0.433. The number of aliphatic hydroxyl groups is 1. The first kappa shape index (κ1) is 33.6. The Kier molecular flexibility index (Phi) is 12.6. The minimum absolute atomic E-state index is 0.134. The van der Waals surface area contributed by atoms with Crippen molar-refractivity contribution in [2.45, 2.75) is 122 Å². The minimum Gasteiger partial charge on any atom is -0.462 e. The third kappa shape index (κ3) is 9.87. The van der Waals surface area contributed by atoms with Crippen molar-refractivity contribution < 1.29 is 29.5 Å². The lowest BCUT2D eigenvalue weighted by molar-refractivity contribution is -0.699. The first-order valence-corrected chi connectivity index (χ1v) is 16.6. The number of rotatable bonds is 15. The zero-order valence-electron chi connectivity index (χ0n) is 26.6. The van der Waals surface area contributed by atoms with Crippen LogP contribution >= 0.6 is 0 Å². The number of methoxy groups -OCH3 is 1. The molecule has 4 rings (SSSR count). The Morgan fingerprint density at radius 2 is 2.02 bits per heavy atom. The molecule has 0 amide bonds. The molecule has 8 atom stereocenters. The second kappa shape index (κ2) is 16.2. The number of carbonyl (C=O) groups is 2. The van der Waals surface area contributed by atoms with Crippen LogP contribution in [0.3, 0.4) is 0 Å². The van der Waals surface area contributed by atoms with E-state index >= 15 is 0 Å². The molecule has 4 aliphatic rings. The number of hydrogen-bond donors (Lipinski definition) is 3. The van der Waals surface area contributed by atoms with Gasteiger partial charge in [-0.1, -0.05) is 31.2 Å². The molecule has 2 fully saturated rings. The number of carbonyl (C=O) groups excluding carboxylic acids is 2. The standard InChI is InChI=1S/C35H54N3O5/c1-24-6-4-5-15-35(24,21-29-23-37-22-28(29)10-7-27-14-17-38-34(36)19-27)16-13-31(43-25(2)39)20-30(40)11-8-26-9-12-32(41)33(18-26)42-3/h4-6,15,22-24,26-27,31-34,38,41H,7-14,16-21,36H2,1-3H3/q+1/p+1. The molecule has 5 N–H and O–H groups in total. The van der Waals surface area contributed by atoms with E-state index in [1.807, 2.05) is 12.8 Å². The largest absolute Gasteiger partial charge is 0.462 e. The highest BCUT2D eigenvalue weighted by atomic mass is 16.5. The number of nitrogens with two attached hydrogens (primary N) is 2. The van der Waals surface area contributed by atoms with Gasteiger partial charge in [0.2, 0.25) is 0 Å². The molecular formula is C35H55N3O5+2. The van der Waals surface area contributed by atoms with Crippen molar-refractivity contribution in [2.75, 3.05) is 13.7 Å². The van der Waals surface area contributed by atoms with Gasteiger partial charge in [-0.15, -0.1) is 4.99 Å². The smallest absolute Gasteiger partial charge is 0.302 e. The van der Waals surface area contributed by atoms with E-state index in [9.17, 15) is 14.7 Å². The van der Waals surface area contributed by atoms with E-state index in [0.29, 0.717) is 37.0 Å². The zero-order valence-corrected chi connectivity index (χ0v) is 26.6. The van der Waals surface area contributed by atoms with Crippen LogP contribution in [0.4, 0.5) is 0 Å². The average molecular weight is 598 g/mol. The van der Waals surface area contributed by atoms with Crippen molar-refractivity contribution >= 4 is 18.0 Å². The van der Waals surface area contributed by atoms with Crippen LogP contribution in [0.1, 0.15) is 97.3 Å². The van der Waals surface area contributed by atoms with E-state index in [1.54, 1.807) is 7.11 Å². The summed E-state index contributed by atoms with van der Waals surface area (Å²) in [6.07, 6.45) is 20.8. The first-order valence-electron chi connectivity index (χ1n) is 16.6. The van der Waals surface area contributed by atoms with Gasteiger partial charge >= 0.3 is 5.97 Å². The lowest BCUT2D eigenvalue weighted by Gasteiger charge is -2.37. The SMILES string of the molecule is COC1CC(CCC(=O)CC(CCC2(CC3=C(CCC4CC[NH2+]C(N)C4)[CH+]N=C3)C=CC=CC2C)OC(C)=O)CCC1O. The molecule has 0 bridgehead atoms. The Morgan fingerprint density at radius 3 is 2.77 bits per heavy atom. The van der Waals surface area contributed by atoms with Crippen molar-refractivity contribution in [3.63, 3.8) is 0 Å². The second-order valence-electron chi connectivity index (χ2n) is 13.6. The van der Waals surface area contributed by atoms with Gasteiger partial charge in [-0.3, -0.25) is 15.3 Å². The molecular weight excluding hydrogens is 542 g/mol. The first-order chi connectivity index (χ1) is 20.7. The van der Waals surface area contributed by atoms with Gasteiger partial charge in [-0.05, 0) is 69.1 Å². The van der Waals surface area contributed by atoms with E-state index < -0.39 is 12.2 Å². The van der Waals surface area contributed by atoms with Crippen molar-refractivity contribution in [1.82, 2.24) is 0 Å². The second-order valence-corrected chi connectivity index (χ2v) is 13.6. The monoisotopic (exact) mass is 597 g/mol. The number of ketones is 1. The average Bonchev–Trinajstić information content (AvgIpc) is 3.42. The summed E-state index contributed by atoms with van der Waals surface area (Å²) in [6.45, 7) is 6.83. The fraction of sp³-hybridized carbons (Fsp3) is 0.714. The highest BCUT2D eigenvalue weighted by molar-refractivity contribution is 5.84. The Hall–Kier alpha value is -2.26. The highest BCUT2D eigenvalue weighted by Crippen LogP contribution is 2.45. The number of aliphatic hydroxyl groups excluding tert-OH is 1. The molecule has 8 unspecified atom stereocenters. The van der Waals surface area contributed by atoms with Gasteiger partial charge in [0.1, 0.15) is 30.2 Å². The summed E-state index contributed by atoms with van der Waals surface area (Å²) in [5.74, 6) is 1.13.